The molecule has 0 N–H and O–H groups in total. The number of carbonyl (C=O) groups excluding carboxylic acids is 1. The normalized spacial score (nSPS) is 32.6. The first-order valence-electron chi connectivity index (χ1n) is 8.03. The van der Waals surface area contributed by atoms with Crippen LogP contribution in [0.15, 0.2) is 39.5 Å². The van der Waals surface area contributed by atoms with Crippen LogP contribution >= 0.6 is 0 Å². The second-order valence-corrected chi connectivity index (χ2v) is 7.72. The lowest BCUT2D eigenvalue weighted by Crippen LogP contribution is -2.28. The molecule has 0 aromatic carbocycles. The number of allylic oxidation sites excluding steroid dienone is 2. The smallest absolute Gasteiger partial charge is 0.163 e. The van der Waals surface area contributed by atoms with Crippen molar-refractivity contribution in [1.29, 1.82) is 0 Å². The summed E-state index contributed by atoms with van der Waals surface area (Å²) in [6, 6.07) is 4.03. The number of Topliss-reactive ketones (excluding diaryl/α,β-unsaturated/α-hetero) is 1. The summed E-state index contributed by atoms with van der Waals surface area (Å²) >= 11 is 0. The summed E-state index contributed by atoms with van der Waals surface area (Å²) in [5.41, 5.74) is 2.18. The van der Waals surface area contributed by atoms with E-state index in [2.05, 4.69) is 26.8 Å². The van der Waals surface area contributed by atoms with Gasteiger partial charge in [-0.15, -0.1) is 0 Å². The highest BCUT2D eigenvalue weighted by molar-refractivity contribution is 5.98. The molecule has 1 aliphatic heterocycles. The summed E-state index contributed by atoms with van der Waals surface area (Å²) in [7, 11) is 0. The first-order chi connectivity index (χ1) is 10.4. The lowest BCUT2D eigenvalue weighted by atomic mass is 9.72. The molecule has 0 saturated carbocycles. The Morgan fingerprint density at radius 1 is 1.18 bits per heavy atom. The van der Waals surface area contributed by atoms with E-state index in [9.17, 15) is 4.79 Å². The molecule has 3 atom stereocenters. The van der Waals surface area contributed by atoms with Gasteiger partial charge in [0.05, 0.1) is 0 Å². The Morgan fingerprint density at radius 2 is 1.95 bits per heavy atom. The average Bonchev–Trinajstić information content (AvgIpc) is 3.00. The van der Waals surface area contributed by atoms with Gasteiger partial charge in [0.2, 0.25) is 0 Å². The standard InChI is InChI=1S/C19H22O3/c1-10-7-14-18(16(10)13-6-5-11(2)21-13)17-12(20)8-19(3,4)9-15(17)22-14/h5-7,14,16,18H,8-9H2,1-4H3/t14-,16?,18-/m1/s1. The van der Waals surface area contributed by atoms with E-state index >= 15 is 0 Å². The van der Waals surface area contributed by atoms with E-state index in [4.69, 9.17) is 9.15 Å². The zero-order chi connectivity index (χ0) is 15.6. The van der Waals surface area contributed by atoms with Crippen molar-refractivity contribution in [1.82, 2.24) is 0 Å². The molecule has 0 amide bonds. The number of hydrogen-bond donors (Lipinski definition) is 0. The summed E-state index contributed by atoms with van der Waals surface area (Å²) in [5, 5.41) is 0. The van der Waals surface area contributed by atoms with Crippen molar-refractivity contribution in [2.24, 2.45) is 11.3 Å². The lowest BCUT2D eigenvalue weighted by Gasteiger charge is -2.30. The number of carbonyl (C=O) groups is 1. The molecular formula is C19H22O3. The minimum absolute atomic E-state index is 0.00161. The molecule has 0 radical (unpaired) electrons. The van der Waals surface area contributed by atoms with Crippen molar-refractivity contribution in [3.63, 3.8) is 0 Å². The highest BCUT2D eigenvalue weighted by Crippen LogP contribution is 2.54. The van der Waals surface area contributed by atoms with Crippen LogP contribution in [0, 0.1) is 18.3 Å². The minimum Gasteiger partial charge on any atom is -0.490 e. The molecule has 0 saturated heterocycles. The van der Waals surface area contributed by atoms with Crippen LogP contribution in [0.25, 0.3) is 0 Å². The Hall–Kier alpha value is -1.77. The Morgan fingerprint density at radius 3 is 2.64 bits per heavy atom. The molecule has 22 heavy (non-hydrogen) atoms. The monoisotopic (exact) mass is 298 g/mol. The summed E-state index contributed by atoms with van der Waals surface area (Å²) in [6.07, 6.45) is 3.64. The molecule has 0 bridgehead atoms. The highest BCUT2D eigenvalue weighted by atomic mass is 16.5. The van der Waals surface area contributed by atoms with Gasteiger partial charge < -0.3 is 9.15 Å². The van der Waals surface area contributed by atoms with E-state index in [-0.39, 0.29) is 29.1 Å². The SMILES string of the molecule is CC1=C[C@H]2OC3=C(C(=O)CC(C)(C)C3)[C@H]2C1c1ccc(C)o1. The van der Waals surface area contributed by atoms with Gasteiger partial charge in [-0.2, -0.15) is 0 Å². The second-order valence-electron chi connectivity index (χ2n) is 7.72. The van der Waals surface area contributed by atoms with E-state index in [1.807, 2.05) is 19.1 Å². The number of fused-ring (bicyclic) bond motifs is 2. The van der Waals surface area contributed by atoms with Gasteiger partial charge in [-0.1, -0.05) is 19.4 Å². The first kappa shape index (κ1) is 13.9. The van der Waals surface area contributed by atoms with Crippen LogP contribution in [0.1, 0.15) is 51.1 Å². The fourth-order valence-electron chi connectivity index (χ4n) is 4.32. The van der Waals surface area contributed by atoms with Crippen LogP contribution in [0.2, 0.25) is 0 Å². The van der Waals surface area contributed by atoms with Gasteiger partial charge >= 0.3 is 0 Å². The Balaban J connectivity index is 1.76. The Bertz CT molecular complexity index is 717. The molecule has 116 valence electrons. The molecule has 1 aromatic heterocycles. The lowest BCUT2D eigenvalue weighted by molar-refractivity contribution is -0.118. The van der Waals surface area contributed by atoms with Crippen LogP contribution in [0.5, 0.6) is 0 Å². The summed E-state index contributed by atoms with van der Waals surface area (Å²) in [4.78, 5) is 12.7. The van der Waals surface area contributed by atoms with Crippen LogP contribution < -0.4 is 0 Å². The minimum atomic E-state index is -0.00161. The van der Waals surface area contributed by atoms with E-state index in [1.165, 1.54) is 5.57 Å². The molecule has 0 fully saturated rings. The number of ether oxygens (including phenoxy) is 1. The number of ketones is 1. The summed E-state index contributed by atoms with van der Waals surface area (Å²) < 4.78 is 12.0. The molecule has 3 heteroatoms. The van der Waals surface area contributed by atoms with Crippen molar-refractivity contribution >= 4 is 5.78 Å². The fourth-order valence-corrected chi connectivity index (χ4v) is 4.32. The number of hydrogen-bond acceptors (Lipinski definition) is 3. The van der Waals surface area contributed by atoms with Gasteiger partial charge in [-0.05, 0) is 37.5 Å². The van der Waals surface area contributed by atoms with Gasteiger partial charge in [0.15, 0.2) is 5.78 Å². The van der Waals surface area contributed by atoms with Gasteiger partial charge in [0, 0.05) is 30.3 Å². The van der Waals surface area contributed by atoms with Gasteiger partial charge in [-0.3, -0.25) is 4.79 Å². The van der Waals surface area contributed by atoms with Crippen molar-refractivity contribution in [3.05, 3.63) is 46.6 Å². The van der Waals surface area contributed by atoms with Crippen LogP contribution in [0.3, 0.4) is 0 Å². The molecule has 3 nitrogen and oxygen atoms in total. The molecule has 4 rings (SSSR count). The first-order valence-corrected chi connectivity index (χ1v) is 8.03. The maximum Gasteiger partial charge on any atom is 0.163 e. The Labute approximate surface area is 131 Å². The van der Waals surface area contributed by atoms with Crippen molar-refractivity contribution < 1.29 is 13.9 Å². The number of furan rings is 1. The predicted octanol–water partition coefficient (Wildman–Crippen LogP) is 4.29. The van der Waals surface area contributed by atoms with Gasteiger partial charge in [-0.25, -0.2) is 0 Å². The van der Waals surface area contributed by atoms with Crippen LogP contribution in [-0.4, -0.2) is 11.9 Å². The fraction of sp³-hybridized carbons (Fsp3) is 0.526. The number of rotatable bonds is 1. The molecule has 1 unspecified atom stereocenters. The van der Waals surface area contributed by atoms with Crippen LogP contribution in [0.4, 0.5) is 0 Å². The van der Waals surface area contributed by atoms with E-state index < -0.39 is 0 Å². The second kappa shape index (κ2) is 4.37. The molecule has 2 heterocycles. The summed E-state index contributed by atoms with van der Waals surface area (Å²) in [6.45, 7) is 8.35. The maximum absolute atomic E-state index is 12.7. The van der Waals surface area contributed by atoms with E-state index in [1.54, 1.807) is 0 Å². The van der Waals surface area contributed by atoms with Crippen molar-refractivity contribution in [2.45, 2.75) is 52.6 Å². The largest absolute Gasteiger partial charge is 0.490 e. The number of aryl methyl sites for hydroxylation is 1. The van der Waals surface area contributed by atoms with E-state index in [0.29, 0.717) is 6.42 Å². The van der Waals surface area contributed by atoms with Crippen molar-refractivity contribution in [3.8, 4) is 0 Å². The molecule has 2 aliphatic carbocycles. The predicted molar refractivity (Wildman–Crippen MR) is 83.4 cm³/mol. The van der Waals surface area contributed by atoms with Gasteiger partial charge in [0.1, 0.15) is 23.4 Å². The van der Waals surface area contributed by atoms with Crippen LogP contribution in [-0.2, 0) is 9.53 Å². The summed E-state index contributed by atoms with van der Waals surface area (Å²) in [5.74, 6) is 3.29. The molecular weight excluding hydrogens is 276 g/mol. The van der Waals surface area contributed by atoms with E-state index in [0.717, 1.165) is 29.3 Å². The highest BCUT2D eigenvalue weighted by Gasteiger charge is 2.52. The molecule has 3 aliphatic rings. The third-order valence-corrected chi connectivity index (χ3v) is 5.19. The Kier molecular flexibility index (Phi) is 2.76. The zero-order valence-corrected chi connectivity index (χ0v) is 13.6. The zero-order valence-electron chi connectivity index (χ0n) is 13.6. The quantitative estimate of drug-likeness (QED) is 0.726. The third-order valence-electron chi connectivity index (χ3n) is 5.19. The average molecular weight is 298 g/mol. The third kappa shape index (κ3) is 1.91. The maximum atomic E-state index is 12.7. The topological polar surface area (TPSA) is 39.4 Å². The van der Waals surface area contributed by atoms with Crippen molar-refractivity contribution in [2.75, 3.05) is 0 Å². The molecule has 0 spiro atoms. The molecule has 1 aromatic rings. The van der Waals surface area contributed by atoms with Gasteiger partial charge in [0.25, 0.3) is 0 Å².